The van der Waals surface area contributed by atoms with E-state index in [0.717, 1.165) is 91.4 Å². The summed E-state index contributed by atoms with van der Waals surface area (Å²) in [5.74, 6) is -0.599. The molecule has 6 heterocycles. The number of aromatic amines is 2. The zero-order valence-corrected chi connectivity index (χ0v) is 36.1. The Bertz CT molecular complexity index is 2220. The first-order chi connectivity index (χ1) is 28.6. The standard InChI is InChI=1S/C22H28N4O2S.C12H16N2O.C9H13N3O2S/c1-25-7-9-26(10-8-25)22-24-14-21(29-22)20(27)12-16(15-28-2)11-17-13-23-19-6-4-3-5-18(17)19;1-15-8-10(13)6-9-7-14-12-5-3-2-4-11(9)12;1-11-2-4-12(5-3-11)9-10-6-7(15-9)8(13)14/h3-6,13-14,16,23H,7-12,15H2,1-2H3;2-5,7,10,14H,6,8,13H2,1H3;6H,2-5H2,1H3,(H,13,14). The Balaban J connectivity index is 0.000000164. The van der Waals surface area contributed by atoms with Crippen molar-refractivity contribution in [2.24, 2.45) is 11.7 Å². The minimum atomic E-state index is -0.895. The van der Waals surface area contributed by atoms with Crippen LogP contribution in [0.2, 0.25) is 0 Å². The lowest BCUT2D eigenvalue weighted by Crippen LogP contribution is -2.44. The molecular weight excluding hydrogens is 787 g/mol. The van der Waals surface area contributed by atoms with Gasteiger partial charge in [-0.05, 0) is 56.1 Å². The number of benzene rings is 2. The Labute approximate surface area is 353 Å². The van der Waals surface area contributed by atoms with E-state index in [-0.39, 0.29) is 17.7 Å². The number of aromatic carboxylic acids is 1. The number of H-pyrrole nitrogens is 2. The van der Waals surface area contributed by atoms with E-state index in [1.807, 2.05) is 30.5 Å². The van der Waals surface area contributed by atoms with Crippen molar-refractivity contribution in [2.75, 3.05) is 104 Å². The molecule has 0 bridgehead atoms. The Hall–Kier alpha value is -4.68. The number of rotatable bonds is 14. The number of methoxy groups -OCH3 is 2. The van der Waals surface area contributed by atoms with E-state index in [4.69, 9.17) is 20.3 Å². The van der Waals surface area contributed by atoms with E-state index in [1.165, 1.54) is 50.8 Å². The summed E-state index contributed by atoms with van der Waals surface area (Å²) in [7, 11) is 7.60. The molecule has 316 valence electrons. The minimum absolute atomic E-state index is 0.0641. The smallest absolute Gasteiger partial charge is 0.347 e. The minimum Gasteiger partial charge on any atom is -0.477 e. The van der Waals surface area contributed by atoms with E-state index in [0.29, 0.717) is 24.5 Å². The van der Waals surface area contributed by atoms with E-state index < -0.39 is 5.97 Å². The number of para-hydroxylation sites is 2. The van der Waals surface area contributed by atoms with Gasteiger partial charge in [0.05, 0.1) is 23.9 Å². The van der Waals surface area contributed by atoms with Crippen molar-refractivity contribution in [3.63, 3.8) is 0 Å². The van der Waals surface area contributed by atoms with Gasteiger partial charge in [-0.25, -0.2) is 14.8 Å². The number of nitrogens with zero attached hydrogens (tertiary/aromatic N) is 6. The van der Waals surface area contributed by atoms with Crippen molar-refractivity contribution in [3.8, 4) is 0 Å². The second-order valence-corrected chi connectivity index (χ2v) is 17.2. The largest absolute Gasteiger partial charge is 0.477 e. The number of thiazole rings is 2. The maximum absolute atomic E-state index is 13.0. The molecule has 59 heavy (non-hydrogen) atoms. The molecule has 2 atom stereocenters. The van der Waals surface area contributed by atoms with Gasteiger partial charge < -0.3 is 49.9 Å². The van der Waals surface area contributed by atoms with Crippen molar-refractivity contribution in [3.05, 3.63) is 94.2 Å². The van der Waals surface area contributed by atoms with Crippen LogP contribution >= 0.6 is 22.7 Å². The topological polar surface area (TPSA) is 169 Å². The lowest BCUT2D eigenvalue weighted by molar-refractivity contribution is 0.0701. The monoisotopic (exact) mass is 843 g/mol. The maximum Gasteiger partial charge on any atom is 0.347 e. The van der Waals surface area contributed by atoms with Crippen LogP contribution in [-0.2, 0) is 22.3 Å². The van der Waals surface area contributed by atoms with Crippen molar-refractivity contribution in [1.29, 1.82) is 0 Å². The molecule has 0 saturated carbocycles. The molecule has 16 heteroatoms. The summed E-state index contributed by atoms with van der Waals surface area (Å²) < 4.78 is 10.5. The van der Waals surface area contributed by atoms with Gasteiger partial charge in [-0.15, -0.1) is 0 Å². The van der Waals surface area contributed by atoms with E-state index in [2.05, 4.69) is 84.1 Å². The Morgan fingerprint density at radius 1 is 0.729 bits per heavy atom. The van der Waals surface area contributed by atoms with E-state index >= 15 is 0 Å². The van der Waals surface area contributed by atoms with Crippen LogP contribution in [-0.4, -0.2) is 147 Å². The predicted octanol–water partition coefficient (Wildman–Crippen LogP) is 5.73. The molecule has 2 saturated heterocycles. The first-order valence-electron chi connectivity index (χ1n) is 20.0. The van der Waals surface area contributed by atoms with Crippen LogP contribution in [0.4, 0.5) is 10.3 Å². The van der Waals surface area contributed by atoms with Crippen LogP contribution < -0.4 is 15.5 Å². The molecule has 0 amide bonds. The molecule has 0 spiro atoms. The number of nitrogens with one attached hydrogen (secondary N) is 2. The third-order valence-electron chi connectivity index (χ3n) is 10.6. The molecule has 0 radical (unpaired) electrons. The van der Waals surface area contributed by atoms with Gasteiger partial charge in [0.15, 0.2) is 16.0 Å². The summed E-state index contributed by atoms with van der Waals surface area (Å²) in [6.45, 7) is 8.99. The maximum atomic E-state index is 13.0. The average Bonchev–Trinajstić information content (AvgIpc) is 4.07. The van der Waals surface area contributed by atoms with E-state index in [9.17, 15) is 9.59 Å². The number of carbonyl (C=O) groups excluding carboxylic acids is 1. The number of carboxylic acids is 1. The lowest BCUT2D eigenvalue weighted by Gasteiger charge is -2.32. The summed E-state index contributed by atoms with van der Waals surface area (Å²) >= 11 is 2.76. The van der Waals surface area contributed by atoms with Crippen molar-refractivity contribution in [1.82, 2.24) is 29.7 Å². The SMILES string of the molecule is CN1CCN(c2ncc(C(=O)O)s2)CC1.COCC(CC(=O)c1cnc(N2CCN(C)CC2)s1)Cc1c[nH]c2ccccc12.COCC(N)Cc1c[nH]c2ccccc12. The molecule has 2 fully saturated rings. The fourth-order valence-electron chi connectivity index (χ4n) is 7.30. The zero-order chi connectivity index (χ0) is 41.7. The van der Waals surface area contributed by atoms with E-state index in [1.54, 1.807) is 20.4 Å². The number of nitrogens with two attached hydrogens (primary N) is 1. The number of carbonyl (C=O) groups is 2. The van der Waals surface area contributed by atoms with Gasteiger partial charge in [0.2, 0.25) is 0 Å². The summed E-state index contributed by atoms with van der Waals surface area (Å²) in [5, 5.41) is 13.0. The van der Waals surface area contributed by atoms with Crippen LogP contribution in [0, 0.1) is 5.92 Å². The number of Topliss-reactive ketones (excluding diaryl/α,β-unsaturated/α-hetero) is 1. The number of ether oxygens (including phenoxy) is 2. The van der Waals surface area contributed by atoms with Crippen LogP contribution in [0.15, 0.2) is 73.3 Å². The van der Waals surface area contributed by atoms with Gasteiger partial charge >= 0.3 is 5.97 Å². The number of anilines is 2. The molecule has 0 aliphatic carbocycles. The molecule has 14 nitrogen and oxygen atoms in total. The molecule has 2 aliphatic rings. The number of carboxylic acid groups (broad SMARTS) is 1. The fraction of sp³-hybridized carbons (Fsp3) is 0.442. The molecule has 6 aromatic rings. The fourth-order valence-corrected chi connectivity index (χ4v) is 9.02. The summed E-state index contributed by atoms with van der Waals surface area (Å²) in [6.07, 6.45) is 9.39. The third-order valence-corrected chi connectivity index (χ3v) is 12.8. The lowest BCUT2D eigenvalue weighted by atomic mass is 9.94. The summed E-state index contributed by atoms with van der Waals surface area (Å²) in [6, 6.07) is 16.6. The van der Waals surface area contributed by atoms with Gasteiger partial charge in [0, 0.05) is 120 Å². The number of ketones is 1. The molecule has 2 unspecified atom stereocenters. The number of likely N-dealkylation sites (N-methyl/N-ethyl adjacent to an activating group) is 2. The highest BCUT2D eigenvalue weighted by Crippen LogP contribution is 2.28. The molecular formula is C43H57N9O5S2. The van der Waals surface area contributed by atoms with Crippen LogP contribution in [0.5, 0.6) is 0 Å². The second kappa shape index (κ2) is 21.5. The molecule has 4 aromatic heterocycles. The molecule has 8 rings (SSSR count). The Kier molecular flexibility index (Phi) is 16.0. The van der Waals surface area contributed by atoms with Gasteiger partial charge in [0.25, 0.3) is 0 Å². The average molecular weight is 844 g/mol. The number of hydrogen-bond donors (Lipinski definition) is 4. The Morgan fingerprint density at radius 3 is 1.69 bits per heavy atom. The van der Waals surface area contributed by atoms with Crippen LogP contribution in [0.3, 0.4) is 0 Å². The normalized spacial score (nSPS) is 16.0. The molecule has 2 aromatic carbocycles. The first-order valence-corrected chi connectivity index (χ1v) is 21.6. The van der Waals surface area contributed by atoms with Gasteiger partial charge in [-0.2, -0.15) is 0 Å². The third kappa shape index (κ3) is 12.2. The van der Waals surface area contributed by atoms with Crippen molar-refractivity contribution in [2.45, 2.75) is 25.3 Å². The van der Waals surface area contributed by atoms with Gasteiger partial charge in [-0.3, -0.25) is 4.79 Å². The van der Waals surface area contributed by atoms with Crippen molar-refractivity contribution >= 4 is 66.5 Å². The number of hydrogen-bond acceptors (Lipinski definition) is 13. The highest BCUT2D eigenvalue weighted by molar-refractivity contribution is 7.17. The number of aromatic nitrogens is 4. The Morgan fingerprint density at radius 2 is 1.20 bits per heavy atom. The zero-order valence-electron chi connectivity index (χ0n) is 34.4. The second-order valence-electron chi connectivity index (χ2n) is 15.2. The van der Waals surface area contributed by atoms with Crippen LogP contribution in [0.1, 0.15) is 36.9 Å². The quantitative estimate of drug-likeness (QED) is 0.0985. The number of fused-ring (bicyclic) bond motifs is 2. The molecule has 2 aliphatic heterocycles. The van der Waals surface area contributed by atoms with Crippen LogP contribution in [0.25, 0.3) is 21.8 Å². The molecule has 5 N–H and O–H groups in total. The van der Waals surface area contributed by atoms with Crippen molar-refractivity contribution < 1.29 is 24.2 Å². The van der Waals surface area contributed by atoms with Gasteiger partial charge in [0.1, 0.15) is 4.88 Å². The first kappa shape index (κ1) is 43.9. The highest BCUT2D eigenvalue weighted by atomic mass is 32.1. The van der Waals surface area contributed by atoms with Gasteiger partial charge in [-0.1, -0.05) is 59.1 Å². The predicted molar refractivity (Wildman–Crippen MR) is 239 cm³/mol. The number of piperazine rings is 2. The summed E-state index contributed by atoms with van der Waals surface area (Å²) in [4.78, 5) is 48.9. The summed E-state index contributed by atoms with van der Waals surface area (Å²) in [5.41, 5.74) is 10.7. The highest BCUT2D eigenvalue weighted by Gasteiger charge is 2.23.